The maximum atomic E-state index is 9.50. The number of hydrogen-bond donors (Lipinski definition) is 3. The topological polar surface area (TPSA) is 81.5 Å². The lowest BCUT2D eigenvalue weighted by Gasteiger charge is -2.12. The molecule has 14 heavy (non-hydrogen) atoms. The Morgan fingerprint density at radius 2 is 2.21 bits per heavy atom. The standard InChI is InChI=1S/C10H16N2O2/c1-14-10-3-2-7(6-9(10)13)8(12)4-5-11/h2-3,6,8,13H,4-5,11-12H2,1H3/t8-/m0/s1. The first-order chi connectivity index (χ1) is 6.69. The lowest BCUT2D eigenvalue weighted by Crippen LogP contribution is -2.15. The fourth-order valence-corrected chi connectivity index (χ4v) is 1.28. The van der Waals surface area contributed by atoms with E-state index in [-0.39, 0.29) is 11.8 Å². The average Bonchev–Trinajstić information content (AvgIpc) is 2.18. The summed E-state index contributed by atoms with van der Waals surface area (Å²) in [4.78, 5) is 0. The number of phenolic OH excluding ortho intramolecular Hbond substituents is 1. The first-order valence-corrected chi connectivity index (χ1v) is 4.51. The number of ether oxygens (including phenoxy) is 1. The molecule has 0 aliphatic heterocycles. The van der Waals surface area contributed by atoms with Gasteiger partial charge in [0.15, 0.2) is 11.5 Å². The fraction of sp³-hybridized carbons (Fsp3) is 0.400. The van der Waals surface area contributed by atoms with Crippen LogP contribution in [0.15, 0.2) is 18.2 Å². The zero-order valence-corrected chi connectivity index (χ0v) is 8.23. The smallest absolute Gasteiger partial charge is 0.160 e. The molecular weight excluding hydrogens is 180 g/mol. The summed E-state index contributed by atoms with van der Waals surface area (Å²) in [5, 5.41) is 9.50. The number of nitrogens with two attached hydrogens (primary N) is 2. The Kier molecular flexibility index (Phi) is 3.73. The zero-order valence-electron chi connectivity index (χ0n) is 8.23. The molecule has 1 aromatic carbocycles. The van der Waals surface area contributed by atoms with Crippen LogP contribution < -0.4 is 16.2 Å². The summed E-state index contributed by atoms with van der Waals surface area (Å²) in [7, 11) is 1.51. The molecule has 0 bridgehead atoms. The Bertz CT molecular complexity index is 302. The van der Waals surface area contributed by atoms with E-state index in [1.165, 1.54) is 7.11 Å². The van der Waals surface area contributed by atoms with E-state index in [4.69, 9.17) is 16.2 Å². The summed E-state index contributed by atoms with van der Waals surface area (Å²) in [6.45, 7) is 0.536. The molecule has 5 N–H and O–H groups in total. The molecule has 1 atom stereocenters. The Balaban J connectivity index is 2.85. The van der Waals surface area contributed by atoms with E-state index in [1.807, 2.05) is 6.07 Å². The third-order valence-corrected chi connectivity index (χ3v) is 2.11. The number of benzene rings is 1. The van der Waals surface area contributed by atoms with Crippen molar-refractivity contribution in [2.45, 2.75) is 12.5 Å². The molecule has 0 radical (unpaired) electrons. The van der Waals surface area contributed by atoms with Gasteiger partial charge in [0.2, 0.25) is 0 Å². The van der Waals surface area contributed by atoms with Crippen molar-refractivity contribution in [3.63, 3.8) is 0 Å². The van der Waals surface area contributed by atoms with E-state index in [1.54, 1.807) is 12.1 Å². The Labute approximate surface area is 83.5 Å². The second-order valence-corrected chi connectivity index (χ2v) is 3.12. The minimum atomic E-state index is -0.128. The SMILES string of the molecule is COc1ccc([C@@H](N)CCN)cc1O. The van der Waals surface area contributed by atoms with E-state index < -0.39 is 0 Å². The van der Waals surface area contributed by atoms with Crippen LogP contribution in [0.1, 0.15) is 18.0 Å². The third kappa shape index (κ3) is 2.37. The molecule has 0 saturated carbocycles. The first kappa shape index (κ1) is 10.8. The van der Waals surface area contributed by atoms with E-state index >= 15 is 0 Å². The van der Waals surface area contributed by atoms with Gasteiger partial charge in [-0.05, 0) is 30.7 Å². The maximum Gasteiger partial charge on any atom is 0.160 e. The number of hydrogen-bond acceptors (Lipinski definition) is 4. The van der Waals surface area contributed by atoms with Crippen molar-refractivity contribution < 1.29 is 9.84 Å². The molecule has 0 amide bonds. The Morgan fingerprint density at radius 1 is 1.50 bits per heavy atom. The number of phenols is 1. The molecule has 0 aromatic heterocycles. The average molecular weight is 196 g/mol. The lowest BCUT2D eigenvalue weighted by molar-refractivity contribution is 0.372. The van der Waals surface area contributed by atoms with E-state index in [2.05, 4.69) is 0 Å². The Morgan fingerprint density at radius 3 is 2.71 bits per heavy atom. The van der Waals surface area contributed by atoms with Gasteiger partial charge < -0.3 is 21.3 Å². The van der Waals surface area contributed by atoms with Gasteiger partial charge in [0.05, 0.1) is 7.11 Å². The molecule has 0 unspecified atom stereocenters. The second-order valence-electron chi connectivity index (χ2n) is 3.12. The molecule has 0 heterocycles. The summed E-state index contributed by atoms with van der Waals surface area (Å²) in [6.07, 6.45) is 0.700. The number of rotatable bonds is 4. The van der Waals surface area contributed by atoms with Crippen molar-refractivity contribution >= 4 is 0 Å². The van der Waals surface area contributed by atoms with Crippen molar-refractivity contribution in [1.29, 1.82) is 0 Å². The highest BCUT2D eigenvalue weighted by Gasteiger charge is 2.08. The maximum absolute atomic E-state index is 9.50. The van der Waals surface area contributed by atoms with Crippen molar-refractivity contribution in [2.24, 2.45) is 11.5 Å². The van der Waals surface area contributed by atoms with Gasteiger partial charge in [-0.25, -0.2) is 0 Å². The molecule has 0 aliphatic rings. The highest BCUT2D eigenvalue weighted by molar-refractivity contribution is 5.42. The predicted molar refractivity (Wildman–Crippen MR) is 55.3 cm³/mol. The van der Waals surface area contributed by atoms with Crippen LogP contribution in [-0.4, -0.2) is 18.8 Å². The molecule has 78 valence electrons. The minimum Gasteiger partial charge on any atom is -0.504 e. The third-order valence-electron chi connectivity index (χ3n) is 2.11. The second kappa shape index (κ2) is 4.83. The quantitative estimate of drug-likeness (QED) is 0.663. The van der Waals surface area contributed by atoms with Crippen molar-refractivity contribution in [3.8, 4) is 11.5 Å². The van der Waals surface area contributed by atoms with Gasteiger partial charge in [-0.15, -0.1) is 0 Å². The summed E-state index contributed by atoms with van der Waals surface area (Å²) >= 11 is 0. The van der Waals surface area contributed by atoms with Gasteiger partial charge in [-0.3, -0.25) is 0 Å². The largest absolute Gasteiger partial charge is 0.504 e. The van der Waals surface area contributed by atoms with E-state index in [9.17, 15) is 5.11 Å². The van der Waals surface area contributed by atoms with Crippen LogP contribution in [0.25, 0.3) is 0 Å². The van der Waals surface area contributed by atoms with Crippen LogP contribution in [0.5, 0.6) is 11.5 Å². The first-order valence-electron chi connectivity index (χ1n) is 4.51. The molecular formula is C10H16N2O2. The molecule has 1 rings (SSSR count). The van der Waals surface area contributed by atoms with Gasteiger partial charge in [0.25, 0.3) is 0 Å². The highest BCUT2D eigenvalue weighted by atomic mass is 16.5. The van der Waals surface area contributed by atoms with Crippen LogP contribution in [0, 0.1) is 0 Å². The molecule has 1 aromatic rings. The van der Waals surface area contributed by atoms with Crippen LogP contribution in [0.4, 0.5) is 0 Å². The van der Waals surface area contributed by atoms with Crippen molar-refractivity contribution in [3.05, 3.63) is 23.8 Å². The van der Waals surface area contributed by atoms with E-state index in [0.29, 0.717) is 18.7 Å². The summed E-state index contributed by atoms with van der Waals surface area (Å²) in [6, 6.07) is 5.01. The normalized spacial score (nSPS) is 12.5. The van der Waals surface area contributed by atoms with Crippen molar-refractivity contribution in [1.82, 2.24) is 0 Å². The van der Waals surface area contributed by atoms with Crippen LogP contribution in [-0.2, 0) is 0 Å². The highest BCUT2D eigenvalue weighted by Crippen LogP contribution is 2.28. The van der Waals surface area contributed by atoms with Gasteiger partial charge in [-0.2, -0.15) is 0 Å². The summed E-state index contributed by atoms with van der Waals surface area (Å²) in [5.41, 5.74) is 12.1. The van der Waals surface area contributed by atoms with Crippen LogP contribution in [0.3, 0.4) is 0 Å². The lowest BCUT2D eigenvalue weighted by atomic mass is 10.0. The molecule has 0 aliphatic carbocycles. The molecule has 0 fully saturated rings. The molecule has 0 saturated heterocycles. The number of aromatic hydroxyl groups is 1. The predicted octanol–water partition coefficient (Wildman–Crippen LogP) is 0.749. The van der Waals surface area contributed by atoms with Gasteiger partial charge in [0, 0.05) is 6.04 Å². The molecule has 4 nitrogen and oxygen atoms in total. The minimum absolute atomic E-state index is 0.109. The fourth-order valence-electron chi connectivity index (χ4n) is 1.28. The summed E-state index contributed by atoms with van der Waals surface area (Å²) in [5.74, 6) is 0.561. The van der Waals surface area contributed by atoms with Gasteiger partial charge in [-0.1, -0.05) is 6.07 Å². The van der Waals surface area contributed by atoms with Gasteiger partial charge >= 0.3 is 0 Å². The van der Waals surface area contributed by atoms with E-state index in [0.717, 1.165) is 5.56 Å². The van der Waals surface area contributed by atoms with Gasteiger partial charge in [0.1, 0.15) is 0 Å². The van der Waals surface area contributed by atoms with Crippen LogP contribution in [0.2, 0.25) is 0 Å². The Hall–Kier alpha value is -1.26. The monoisotopic (exact) mass is 196 g/mol. The molecule has 4 heteroatoms. The summed E-state index contributed by atoms with van der Waals surface area (Å²) < 4.78 is 4.92. The zero-order chi connectivity index (χ0) is 10.6. The van der Waals surface area contributed by atoms with Crippen molar-refractivity contribution in [2.75, 3.05) is 13.7 Å². The number of methoxy groups -OCH3 is 1. The van der Waals surface area contributed by atoms with Crippen LogP contribution >= 0.6 is 0 Å². The molecule has 0 spiro atoms.